The van der Waals surface area contributed by atoms with Crippen molar-refractivity contribution >= 4 is 17.6 Å². The SMILES string of the molecule is Nc1nc(-c2ccccc2)c2c(n1)-c1cc(C(=O)NCCN3CCOCC3)ccc1C2=O. The number of carbonyl (C=O) groups excluding carboxylic acids is 2. The summed E-state index contributed by atoms with van der Waals surface area (Å²) in [7, 11) is 0. The zero-order valence-corrected chi connectivity index (χ0v) is 17.5. The molecule has 0 bridgehead atoms. The van der Waals surface area contributed by atoms with Crippen LogP contribution in [-0.2, 0) is 4.74 Å². The minimum atomic E-state index is -0.188. The maximum Gasteiger partial charge on any atom is 0.251 e. The number of ether oxygens (including phenoxy) is 1. The van der Waals surface area contributed by atoms with Crippen LogP contribution in [0.4, 0.5) is 5.95 Å². The second-order valence-corrected chi connectivity index (χ2v) is 7.82. The lowest BCUT2D eigenvalue weighted by atomic mass is 10.0. The summed E-state index contributed by atoms with van der Waals surface area (Å²) >= 11 is 0. The highest BCUT2D eigenvalue weighted by molar-refractivity contribution is 6.24. The lowest BCUT2D eigenvalue weighted by Crippen LogP contribution is -2.41. The molecule has 1 amide bonds. The Labute approximate surface area is 185 Å². The fourth-order valence-corrected chi connectivity index (χ4v) is 4.16. The van der Waals surface area contributed by atoms with E-state index < -0.39 is 0 Å². The van der Waals surface area contributed by atoms with Crippen molar-refractivity contribution in [2.45, 2.75) is 0 Å². The Balaban J connectivity index is 1.42. The molecule has 2 heterocycles. The predicted octanol–water partition coefficient (Wildman–Crippen LogP) is 2.00. The van der Waals surface area contributed by atoms with Crippen molar-refractivity contribution in [3.63, 3.8) is 0 Å². The molecule has 8 nitrogen and oxygen atoms in total. The van der Waals surface area contributed by atoms with E-state index in [-0.39, 0.29) is 17.6 Å². The first-order valence-corrected chi connectivity index (χ1v) is 10.6. The number of nitrogens with zero attached hydrogens (tertiary/aromatic N) is 3. The van der Waals surface area contributed by atoms with Crippen LogP contribution in [-0.4, -0.2) is 66.0 Å². The van der Waals surface area contributed by atoms with Crippen LogP contribution in [0.2, 0.25) is 0 Å². The molecule has 2 aliphatic rings. The zero-order valence-electron chi connectivity index (χ0n) is 17.5. The maximum atomic E-state index is 13.2. The second kappa shape index (κ2) is 8.49. The number of aromatic nitrogens is 2. The Kier molecular flexibility index (Phi) is 5.38. The van der Waals surface area contributed by atoms with Gasteiger partial charge in [-0.2, -0.15) is 0 Å². The highest BCUT2D eigenvalue weighted by Gasteiger charge is 2.33. The van der Waals surface area contributed by atoms with Gasteiger partial charge in [-0.05, 0) is 18.2 Å². The zero-order chi connectivity index (χ0) is 22.1. The summed E-state index contributed by atoms with van der Waals surface area (Å²) in [6.45, 7) is 4.51. The summed E-state index contributed by atoms with van der Waals surface area (Å²) < 4.78 is 5.35. The molecule has 1 aliphatic carbocycles. The number of nitrogens with one attached hydrogen (secondary N) is 1. The molecule has 0 spiro atoms. The molecular formula is C24H23N5O3. The van der Waals surface area contributed by atoms with Crippen LogP contribution >= 0.6 is 0 Å². The standard InChI is InChI=1S/C24H23N5O3/c25-24-27-20(15-4-2-1-3-5-15)19-21(28-24)18-14-16(6-7-17(18)22(19)30)23(31)26-8-9-29-10-12-32-13-11-29/h1-7,14H,8-13H2,(H,26,31)(H2,25,27,28). The Hall–Kier alpha value is -3.62. The van der Waals surface area contributed by atoms with Crippen LogP contribution in [0.25, 0.3) is 22.5 Å². The number of benzene rings is 2. The fourth-order valence-electron chi connectivity index (χ4n) is 4.16. The number of hydrogen-bond donors (Lipinski definition) is 2. The van der Waals surface area contributed by atoms with Gasteiger partial charge < -0.3 is 15.8 Å². The molecule has 3 N–H and O–H groups in total. The number of morpholine rings is 1. The largest absolute Gasteiger partial charge is 0.379 e. The lowest BCUT2D eigenvalue weighted by molar-refractivity contribution is 0.0383. The fraction of sp³-hybridized carbons (Fsp3) is 0.250. The van der Waals surface area contributed by atoms with E-state index in [0.29, 0.717) is 40.2 Å². The molecule has 2 aromatic carbocycles. The molecule has 1 saturated heterocycles. The van der Waals surface area contributed by atoms with Gasteiger partial charge in [-0.3, -0.25) is 14.5 Å². The molecule has 1 aromatic heterocycles. The molecule has 162 valence electrons. The van der Waals surface area contributed by atoms with Gasteiger partial charge in [0.25, 0.3) is 5.91 Å². The van der Waals surface area contributed by atoms with E-state index in [0.717, 1.165) is 38.4 Å². The third kappa shape index (κ3) is 3.74. The van der Waals surface area contributed by atoms with Crippen LogP contribution < -0.4 is 11.1 Å². The van der Waals surface area contributed by atoms with Crippen molar-refractivity contribution in [2.24, 2.45) is 0 Å². The van der Waals surface area contributed by atoms with Gasteiger partial charge in [0.05, 0.1) is 30.2 Å². The number of hydrogen-bond acceptors (Lipinski definition) is 7. The van der Waals surface area contributed by atoms with E-state index in [1.807, 2.05) is 30.3 Å². The number of nitrogen functional groups attached to an aromatic ring is 1. The lowest BCUT2D eigenvalue weighted by Gasteiger charge is -2.26. The third-order valence-corrected chi connectivity index (χ3v) is 5.80. The van der Waals surface area contributed by atoms with Crippen molar-refractivity contribution < 1.29 is 14.3 Å². The van der Waals surface area contributed by atoms with Gasteiger partial charge in [0.1, 0.15) is 0 Å². The van der Waals surface area contributed by atoms with E-state index in [1.165, 1.54) is 0 Å². The smallest absolute Gasteiger partial charge is 0.251 e. The molecule has 8 heteroatoms. The van der Waals surface area contributed by atoms with Crippen LogP contribution in [0.1, 0.15) is 26.3 Å². The minimum Gasteiger partial charge on any atom is -0.379 e. The van der Waals surface area contributed by atoms with Crippen molar-refractivity contribution in [2.75, 3.05) is 45.1 Å². The summed E-state index contributed by atoms with van der Waals surface area (Å²) in [6, 6.07) is 14.5. The number of carbonyl (C=O) groups is 2. The molecule has 0 unspecified atom stereocenters. The van der Waals surface area contributed by atoms with Gasteiger partial charge in [0.15, 0.2) is 5.78 Å². The number of rotatable bonds is 5. The first-order valence-electron chi connectivity index (χ1n) is 10.6. The Morgan fingerprint density at radius 3 is 2.56 bits per heavy atom. The number of anilines is 1. The van der Waals surface area contributed by atoms with Gasteiger partial charge in [-0.15, -0.1) is 0 Å². The van der Waals surface area contributed by atoms with Crippen molar-refractivity contribution in [1.29, 1.82) is 0 Å². The third-order valence-electron chi connectivity index (χ3n) is 5.80. The maximum absolute atomic E-state index is 13.2. The Morgan fingerprint density at radius 2 is 1.78 bits per heavy atom. The van der Waals surface area contributed by atoms with Gasteiger partial charge >= 0.3 is 0 Å². The Bertz CT molecular complexity index is 1190. The predicted molar refractivity (Wildman–Crippen MR) is 120 cm³/mol. The number of fused-ring (bicyclic) bond motifs is 3. The normalized spacial score (nSPS) is 15.3. The highest BCUT2D eigenvalue weighted by atomic mass is 16.5. The molecule has 0 radical (unpaired) electrons. The van der Waals surface area contributed by atoms with Crippen LogP contribution in [0.3, 0.4) is 0 Å². The quantitative estimate of drug-likeness (QED) is 0.499. The van der Waals surface area contributed by atoms with E-state index in [4.69, 9.17) is 10.5 Å². The van der Waals surface area contributed by atoms with E-state index in [2.05, 4.69) is 20.2 Å². The Morgan fingerprint density at radius 1 is 1.03 bits per heavy atom. The van der Waals surface area contributed by atoms with Crippen LogP contribution in [0, 0.1) is 0 Å². The van der Waals surface area contributed by atoms with Crippen LogP contribution in [0.15, 0.2) is 48.5 Å². The summed E-state index contributed by atoms with van der Waals surface area (Å²) in [5.41, 5.74) is 9.76. The van der Waals surface area contributed by atoms with Crippen molar-refractivity contribution in [3.05, 3.63) is 65.2 Å². The number of amides is 1. The first-order chi connectivity index (χ1) is 15.6. The highest BCUT2D eigenvalue weighted by Crippen LogP contribution is 2.40. The average molecular weight is 429 g/mol. The summed E-state index contributed by atoms with van der Waals surface area (Å²) in [4.78, 5) is 36.9. The topological polar surface area (TPSA) is 110 Å². The number of ketones is 1. The summed E-state index contributed by atoms with van der Waals surface area (Å²) in [6.07, 6.45) is 0. The second-order valence-electron chi connectivity index (χ2n) is 7.82. The molecular weight excluding hydrogens is 406 g/mol. The van der Waals surface area contributed by atoms with Crippen molar-refractivity contribution in [1.82, 2.24) is 20.2 Å². The van der Waals surface area contributed by atoms with E-state index in [1.54, 1.807) is 18.2 Å². The summed E-state index contributed by atoms with van der Waals surface area (Å²) in [5.74, 6) is -0.260. The van der Waals surface area contributed by atoms with E-state index in [9.17, 15) is 9.59 Å². The molecule has 1 aliphatic heterocycles. The number of nitrogens with two attached hydrogens (primary N) is 1. The minimum absolute atomic E-state index is 0.0867. The molecule has 3 aromatic rings. The van der Waals surface area contributed by atoms with Crippen molar-refractivity contribution in [3.8, 4) is 22.5 Å². The first kappa shape index (κ1) is 20.3. The molecule has 0 saturated carbocycles. The monoisotopic (exact) mass is 429 g/mol. The van der Waals surface area contributed by atoms with Gasteiger partial charge in [0, 0.05) is 48.4 Å². The molecule has 32 heavy (non-hydrogen) atoms. The molecule has 0 atom stereocenters. The summed E-state index contributed by atoms with van der Waals surface area (Å²) in [5, 5.41) is 2.96. The molecule has 5 rings (SSSR count). The van der Waals surface area contributed by atoms with E-state index >= 15 is 0 Å². The molecule has 1 fully saturated rings. The van der Waals surface area contributed by atoms with Gasteiger partial charge in [-0.1, -0.05) is 30.3 Å². The average Bonchev–Trinajstić information content (AvgIpc) is 3.11. The van der Waals surface area contributed by atoms with Crippen LogP contribution in [0.5, 0.6) is 0 Å². The van der Waals surface area contributed by atoms with Gasteiger partial charge in [0.2, 0.25) is 5.95 Å². The van der Waals surface area contributed by atoms with Gasteiger partial charge in [-0.25, -0.2) is 9.97 Å².